The lowest BCUT2D eigenvalue weighted by Gasteiger charge is -2.02. The first-order valence-electron chi connectivity index (χ1n) is 6.80. The van der Waals surface area contributed by atoms with Crippen molar-refractivity contribution < 1.29 is 0 Å². The lowest BCUT2D eigenvalue weighted by Crippen LogP contribution is -2.06. The standard InChI is InChI=1S/C17H17N3S/c1-12-4-9-15-16(10-12)21-17(19-15)13-5-7-14(8-6-13)18-11-20(2)3/h4-11H,1-3H3. The molecule has 21 heavy (non-hydrogen) atoms. The maximum absolute atomic E-state index is 4.70. The summed E-state index contributed by atoms with van der Waals surface area (Å²) in [6.45, 7) is 2.11. The monoisotopic (exact) mass is 295 g/mol. The Balaban J connectivity index is 1.91. The van der Waals surface area contributed by atoms with Crippen molar-refractivity contribution in [3.8, 4) is 10.6 Å². The van der Waals surface area contributed by atoms with E-state index in [4.69, 9.17) is 4.98 Å². The highest BCUT2D eigenvalue weighted by atomic mass is 32.1. The second-order valence-electron chi connectivity index (χ2n) is 5.25. The van der Waals surface area contributed by atoms with Crippen LogP contribution in [0.2, 0.25) is 0 Å². The molecule has 0 saturated carbocycles. The van der Waals surface area contributed by atoms with Crippen molar-refractivity contribution in [3.63, 3.8) is 0 Å². The van der Waals surface area contributed by atoms with Gasteiger partial charge >= 0.3 is 0 Å². The largest absolute Gasteiger partial charge is 0.369 e. The van der Waals surface area contributed by atoms with Crippen molar-refractivity contribution in [3.05, 3.63) is 48.0 Å². The van der Waals surface area contributed by atoms with Crippen LogP contribution >= 0.6 is 11.3 Å². The summed E-state index contributed by atoms with van der Waals surface area (Å²) in [7, 11) is 3.92. The Morgan fingerprint density at radius 1 is 1.10 bits per heavy atom. The van der Waals surface area contributed by atoms with E-state index >= 15 is 0 Å². The molecule has 0 atom stereocenters. The smallest absolute Gasteiger partial charge is 0.124 e. The fourth-order valence-corrected chi connectivity index (χ4v) is 3.10. The quantitative estimate of drug-likeness (QED) is 0.526. The predicted molar refractivity (Wildman–Crippen MR) is 91.6 cm³/mol. The Bertz CT molecular complexity index is 785. The fraction of sp³-hybridized carbons (Fsp3) is 0.176. The Morgan fingerprint density at radius 2 is 1.86 bits per heavy atom. The molecule has 0 radical (unpaired) electrons. The van der Waals surface area contributed by atoms with Crippen molar-refractivity contribution in [1.29, 1.82) is 0 Å². The molecule has 0 bridgehead atoms. The molecule has 4 heteroatoms. The van der Waals surface area contributed by atoms with E-state index in [0.717, 1.165) is 21.8 Å². The predicted octanol–water partition coefficient (Wildman–Crippen LogP) is 4.49. The second kappa shape index (κ2) is 5.66. The summed E-state index contributed by atoms with van der Waals surface area (Å²) in [4.78, 5) is 11.0. The Kier molecular flexibility index (Phi) is 3.71. The van der Waals surface area contributed by atoms with Crippen LogP contribution < -0.4 is 0 Å². The molecule has 0 aliphatic heterocycles. The van der Waals surface area contributed by atoms with E-state index in [9.17, 15) is 0 Å². The third-order valence-corrected chi connectivity index (χ3v) is 4.16. The Morgan fingerprint density at radius 3 is 2.57 bits per heavy atom. The van der Waals surface area contributed by atoms with Gasteiger partial charge in [-0.15, -0.1) is 11.3 Å². The van der Waals surface area contributed by atoms with Gasteiger partial charge < -0.3 is 4.90 Å². The minimum absolute atomic E-state index is 0.949. The second-order valence-corrected chi connectivity index (χ2v) is 6.28. The van der Waals surface area contributed by atoms with Gasteiger partial charge in [-0.25, -0.2) is 9.98 Å². The highest BCUT2D eigenvalue weighted by Crippen LogP contribution is 2.31. The first kappa shape index (κ1) is 13.8. The number of aryl methyl sites for hydroxylation is 1. The van der Waals surface area contributed by atoms with E-state index in [0.29, 0.717) is 0 Å². The molecule has 0 fully saturated rings. The molecule has 3 nitrogen and oxygen atoms in total. The normalized spacial score (nSPS) is 11.4. The van der Waals surface area contributed by atoms with Crippen molar-refractivity contribution in [1.82, 2.24) is 9.88 Å². The molecule has 2 aromatic carbocycles. The van der Waals surface area contributed by atoms with Crippen molar-refractivity contribution in [2.45, 2.75) is 6.92 Å². The van der Waals surface area contributed by atoms with E-state index in [1.165, 1.54) is 10.3 Å². The van der Waals surface area contributed by atoms with Crippen LogP contribution in [-0.2, 0) is 0 Å². The van der Waals surface area contributed by atoms with Crippen LogP contribution in [0.3, 0.4) is 0 Å². The highest BCUT2D eigenvalue weighted by molar-refractivity contribution is 7.21. The number of fused-ring (bicyclic) bond motifs is 1. The average Bonchev–Trinajstić information content (AvgIpc) is 2.88. The van der Waals surface area contributed by atoms with Crippen LogP contribution in [0.15, 0.2) is 47.5 Å². The molecule has 3 rings (SSSR count). The molecule has 0 aliphatic rings. The molecule has 0 aliphatic carbocycles. The summed E-state index contributed by atoms with van der Waals surface area (Å²) < 4.78 is 1.24. The third-order valence-electron chi connectivity index (χ3n) is 3.10. The summed E-state index contributed by atoms with van der Waals surface area (Å²) in [6, 6.07) is 14.6. The fourth-order valence-electron chi connectivity index (χ4n) is 2.03. The zero-order chi connectivity index (χ0) is 14.8. The number of rotatable bonds is 3. The number of hydrogen-bond acceptors (Lipinski definition) is 3. The van der Waals surface area contributed by atoms with Gasteiger partial charge in [0.1, 0.15) is 5.01 Å². The molecule has 106 valence electrons. The van der Waals surface area contributed by atoms with E-state index < -0.39 is 0 Å². The van der Waals surface area contributed by atoms with Gasteiger partial charge in [0.15, 0.2) is 0 Å². The van der Waals surface area contributed by atoms with Crippen molar-refractivity contribution >= 4 is 33.6 Å². The van der Waals surface area contributed by atoms with Gasteiger partial charge in [0.25, 0.3) is 0 Å². The van der Waals surface area contributed by atoms with E-state index in [1.54, 1.807) is 17.7 Å². The third kappa shape index (κ3) is 3.11. The molecule has 0 spiro atoms. The zero-order valence-corrected chi connectivity index (χ0v) is 13.2. The number of thiazole rings is 1. The number of nitrogens with zero attached hydrogens (tertiary/aromatic N) is 3. The van der Waals surface area contributed by atoms with Crippen LogP contribution in [0.1, 0.15) is 5.56 Å². The van der Waals surface area contributed by atoms with Gasteiger partial charge in [-0.2, -0.15) is 0 Å². The molecular formula is C17H17N3S. The molecule has 0 amide bonds. The van der Waals surface area contributed by atoms with Gasteiger partial charge in [-0.05, 0) is 48.9 Å². The minimum Gasteiger partial charge on any atom is -0.369 e. The van der Waals surface area contributed by atoms with Gasteiger partial charge in [0, 0.05) is 19.7 Å². The van der Waals surface area contributed by atoms with E-state index in [-0.39, 0.29) is 0 Å². The molecule has 0 N–H and O–H groups in total. The molecule has 1 aromatic heterocycles. The zero-order valence-electron chi connectivity index (χ0n) is 12.4. The lowest BCUT2D eigenvalue weighted by atomic mass is 10.2. The number of benzene rings is 2. The average molecular weight is 295 g/mol. The van der Waals surface area contributed by atoms with Gasteiger partial charge in [0.2, 0.25) is 0 Å². The van der Waals surface area contributed by atoms with Crippen LogP contribution in [0.25, 0.3) is 20.8 Å². The summed E-state index contributed by atoms with van der Waals surface area (Å²) in [5, 5.41) is 1.05. The highest BCUT2D eigenvalue weighted by Gasteiger charge is 2.06. The molecule has 1 heterocycles. The SMILES string of the molecule is Cc1ccc2nc(-c3ccc(N=CN(C)C)cc3)sc2c1. The maximum Gasteiger partial charge on any atom is 0.124 e. The number of aromatic nitrogens is 1. The number of aliphatic imine (C=N–C) groups is 1. The van der Waals surface area contributed by atoms with E-state index in [1.807, 2.05) is 31.1 Å². The summed E-state index contributed by atoms with van der Waals surface area (Å²) >= 11 is 1.73. The first-order valence-corrected chi connectivity index (χ1v) is 7.62. The van der Waals surface area contributed by atoms with Crippen LogP contribution in [0.5, 0.6) is 0 Å². The summed E-state index contributed by atoms with van der Waals surface area (Å²) in [6.07, 6.45) is 1.80. The molecule has 0 unspecified atom stereocenters. The Hall–Kier alpha value is -2.20. The van der Waals surface area contributed by atoms with Crippen molar-refractivity contribution in [2.24, 2.45) is 4.99 Å². The van der Waals surface area contributed by atoms with Crippen LogP contribution in [0.4, 0.5) is 5.69 Å². The van der Waals surface area contributed by atoms with Crippen LogP contribution in [0, 0.1) is 6.92 Å². The maximum atomic E-state index is 4.70. The minimum atomic E-state index is 0.949. The lowest BCUT2D eigenvalue weighted by molar-refractivity contribution is 0.643. The summed E-state index contributed by atoms with van der Waals surface area (Å²) in [5.41, 5.74) is 4.42. The molecule has 0 saturated heterocycles. The number of hydrogen-bond donors (Lipinski definition) is 0. The topological polar surface area (TPSA) is 28.5 Å². The Labute approximate surface area is 128 Å². The molecular weight excluding hydrogens is 278 g/mol. The van der Waals surface area contributed by atoms with Crippen molar-refractivity contribution in [2.75, 3.05) is 14.1 Å². The van der Waals surface area contributed by atoms with Gasteiger partial charge in [0.05, 0.1) is 22.2 Å². The molecule has 3 aromatic rings. The summed E-state index contributed by atoms with van der Waals surface area (Å²) in [5.74, 6) is 0. The van der Waals surface area contributed by atoms with Gasteiger partial charge in [-0.3, -0.25) is 0 Å². The van der Waals surface area contributed by atoms with Gasteiger partial charge in [-0.1, -0.05) is 6.07 Å². The van der Waals surface area contributed by atoms with E-state index in [2.05, 4.69) is 42.2 Å². The first-order chi connectivity index (χ1) is 10.1. The van der Waals surface area contributed by atoms with Crippen LogP contribution in [-0.4, -0.2) is 30.3 Å².